The Labute approximate surface area is 94.6 Å². The third-order valence-corrected chi connectivity index (χ3v) is 4.99. The molecule has 4 bridgehead atoms. The van der Waals surface area contributed by atoms with Gasteiger partial charge in [0.2, 0.25) is 0 Å². The summed E-state index contributed by atoms with van der Waals surface area (Å²) in [4.78, 5) is 0. The van der Waals surface area contributed by atoms with Crippen LogP contribution in [-0.4, -0.2) is 13.7 Å². The SMILES string of the molecule is CC1C2CC3CC(C2)CC1C3.CCOC. The fourth-order valence-electron chi connectivity index (χ4n) is 4.20. The zero-order valence-electron chi connectivity index (χ0n) is 10.5. The molecule has 0 heterocycles. The van der Waals surface area contributed by atoms with Crippen molar-refractivity contribution in [3.8, 4) is 0 Å². The van der Waals surface area contributed by atoms with Crippen molar-refractivity contribution in [2.24, 2.45) is 29.6 Å². The number of ether oxygens (including phenoxy) is 1. The molecule has 0 saturated heterocycles. The first-order chi connectivity index (χ1) is 7.24. The molecule has 0 amide bonds. The Hall–Kier alpha value is -0.0400. The summed E-state index contributed by atoms with van der Waals surface area (Å²) in [6, 6.07) is 0. The van der Waals surface area contributed by atoms with Crippen molar-refractivity contribution >= 4 is 0 Å². The van der Waals surface area contributed by atoms with Crippen LogP contribution in [0.4, 0.5) is 0 Å². The van der Waals surface area contributed by atoms with Crippen LogP contribution in [0.25, 0.3) is 0 Å². The summed E-state index contributed by atoms with van der Waals surface area (Å²) in [5.41, 5.74) is 0. The monoisotopic (exact) mass is 210 g/mol. The molecule has 0 N–H and O–H groups in total. The van der Waals surface area contributed by atoms with Gasteiger partial charge in [0, 0.05) is 13.7 Å². The van der Waals surface area contributed by atoms with E-state index in [2.05, 4.69) is 11.7 Å². The second kappa shape index (κ2) is 4.86. The second-order valence-electron chi connectivity index (χ2n) is 5.87. The quantitative estimate of drug-likeness (QED) is 0.641. The lowest BCUT2D eigenvalue weighted by atomic mass is 9.52. The predicted molar refractivity (Wildman–Crippen MR) is 63.8 cm³/mol. The summed E-state index contributed by atoms with van der Waals surface area (Å²) >= 11 is 0. The lowest BCUT2D eigenvalue weighted by molar-refractivity contribution is -0.0282. The number of hydrogen-bond acceptors (Lipinski definition) is 1. The van der Waals surface area contributed by atoms with E-state index in [0.717, 1.165) is 36.2 Å². The van der Waals surface area contributed by atoms with E-state index in [1.54, 1.807) is 39.2 Å². The maximum absolute atomic E-state index is 4.54. The molecule has 0 aromatic heterocycles. The van der Waals surface area contributed by atoms with Crippen LogP contribution in [0.5, 0.6) is 0 Å². The molecule has 0 aliphatic heterocycles. The van der Waals surface area contributed by atoms with Crippen molar-refractivity contribution in [2.75, 3.05) is 13.7 Å². The molecule has 15 heavy (non-hydrogen) atoms. The molecule has 0 unspecified atom stereocenters. The minimum Gasteiger partial charge on any atom is -0.385 e. The van der Waals surface area contributed by atoms with Gasteiger partial charge in [0.05, 0.1) is 0 Å². The summed E-state index contributed by atoms with van der Waals surface area (Å²) < 4.78 is 4.54. The molecule has 0 aromatic rings. The Kier molecular flexibility index (Phi) is 3.71. The van der Waals surface area contributed by atoms with Crippen LogP contribution in [0.1, 0.15) is 46.0 Å². The third-order valence-electron chi connectivity index (χ3n) is 4.99. The fourth-order valence-corrected chi connectivity index (χ4v) is 4.20. The number of hydrogen-bond donors (Lipinski definition) is 0. The molecule has 0 atom stereocenters. The summed E-state index contributed by atoms with van der Waals surface area (Å²) in [5.74, 6) is 5.70. The first-order valence-electron chi connectivity index (χ1n) is 6.73. The van der Waals surface area contributed by atoms with E-state index in [0.29, 0.717) is 0 Å². The van der Waals surface area contributed by atoms with Gasteiger partial charge in [-0.1, -0.05) is 6.92 Å². The summed E-state index contributed by atoms with van der Waals surface area (Å²) in [6.45, 7) is 5.28. The van der Waals surface area contributed by atoms with Crippen LogP contribution in [0.2, 0.25) is 0 Å². The van der Waals surface area contributed by atoms with Crippen LogP contribution in [0.15, 0.2) is 0 Å². The van der Waals surface area contributed by atoms with Gasteiger partial charge >= 0.3 is 0 Å². The maximum Gasteiger partial charge on any atom is 0.0433 e. The Morgan fingerprint density at radius 1 is 0.933 bits per heavy atom. The van der Waals surface area contributed by atoms with Gasteiger partial charge in [0.25, 0.3) is 0 Å². The third kappa shape index (κ3) is 2.38. The first kappa shape index (κ1) is 11.4. The van der Waals surface area contributed by atoms with Crippen molar-refractivity contribution in [3.63, 3.8) is 0 Å². The Balaban J connectivity index is 0.000000188. The molecule has 4 saturated carbocycles. The predicted octanol–water partition coefficient (Wildman–Crippen LogP) is 3.73. The molecule has 4 aliphatic rings. The van der Waals surface area contributed by atoms with Gasteiger partial charge in [0.1, 0.15) is 0 Å². The van der Waals surface area contributed by atoms with E-state index >= 15 is 0 Å². The molecule has 0 aromatic carbocycles. The molecule has 4 rings (SSSR count). The maximum atomic E-state index is 4.54. The highest BCUT2D eigenvalue weighted by Crippen LogP contribution is 2.56. The van der Waals surface area contributed by atoms with E-state index in [-0.39, 0.29) is 0 Å². The van der Waals surface area contributed by atoms with Crippen molar-refractivity contribution in [1.29, 1.82) is 0 Å². The Bertz CT molecular complexity index is 170. The Morgan fingerprint density at radius 3 is 1.67 bits per heavy atom. The minimum absolute atomic E-state index is 0.819. The number of rotatable bonds is 1. The van der Waals surface area contributed by atoms with Gasteiger partial charge in [-0.05, 0) is 68.6 Å². The van der Waals surface area contributed by atoms with Crippen LogP contribution in [0, 0.1) is 29.6 Å². The van der Waals surface area contributed by atoms with Gasteiger partial charge in [-0.2, -0.15) is 0 Å². The van der Waals surface area contributed by atoms with Gasteiger partial charge in [-0.15, -0.1) is 0 Å². The fraction of sp³-hybridized carbons (Fsp3) is 1.00. The number of methoxy groups -OCH3 is 1. The van der Waals surface area contributed by atoms with Crippen molar-refractivity contribution < 1.29 is 4.74 Å². The van der Waals surface area contributed by atoms with Gasteiger partial charge in [-0.3, -0.25) is 0 Å². The molecule has 0 radical (unpaired) electrons. The van der Waals surface area contributed by atoms with Crippen LogP contribution >= 0.6 is 0 Å². The Morgan fingerprint density at radius 2 is 1.33 bits per heavy atom. The van der Waals surface area contributed by atoms with E-state index in [9.17, 15) is 0 Å². The molecule has 4 fully saturated rings. The van der Waals surface area contributed by atoms with Crippen molar-refractivity contribution in [2.45, 2.75) is 46.0 Å². The molecule has 1 heteroatoms. The zero-order valence-corrected chi connectivity index (χ0v) is 10.5. The zero-order chi connectivity index (χ0) is 10.8. The standard InChI is InChI=1S/C11H18.C3H8O/c1-7-10-3-8-2-9(5-10)6-11(7)4-8;1-3-4-2/h7-11H,2-6H2,1H3;3H2,1-2H3. The molecule has 0 spiro atoms. The second-order valence-corrected chi connectivity index (χ2v) is 5.87. The smallest absolute Gasteiger partial charge is 0.0433 e. The summed E-state index contributed by atoms with van der Waals surface area (Å²) in [7, 11) is 1.68. The highest BCUT2D eigenvalue weighted by molar-refractivity contribution is 4.96. The summed E-state index contributed by atoms with van der Waals surface area (Å²) in [6.07, 6.45) is 7.96. The largest absolute Gasteiger partial charge is 0.385 e. The average molecular weight is 210 g/mol. The lowest BCUT2D eigenvalue weighted by Gasteiger charge is -2.53. The van der Waals surface area contributed by atoms with Crippen molar-refractivity contribution in [3.05, 3.63) is 0 Å². The lowest BCUT2D eigenvalue weighted by Crippen LogP contribution is -2.43. The first-order valence-corrected chi connectivity index (χ1v) is 6.73. The van der Waals surface area contributed by atoms with Crippen LogP contribution < -0.4 is 0 Å². The molecular weight excluding hydrogens is 184 g/mol. The molecule has 88 valence electrons. The summed E-state index contributed by atoms with van der Waals surface area (Å²) in [5, 5.41) is 0. The average Bonchev–Trinajstić information content (AvgIpc) is 2.25. The minimum atomic E-state index is 0.819. The molecule has 4 aliphatic carbocycles. The van der Waals surface area contributed by atoms with Crippen LogP contribution in [-0.2, 0) is 4.74 Å². The normalized spacial score (nSPS) is 46.2. The van der Waals surface area contributed by atoms with E-state index in [4.69, 9.17) is 0 Å². The van der Waals surface area contributed by atoms with Crippen LogP contribution in [0.3, 0.4) is 0 Å². The molecule has 1 nitrogen and oxygen atoms in total. The van der Waals surface area contributed by atoms with E-state index in [1.807, 2.05) is 6.92 Å². The van der Waals surface area contributed by atoms with Gasteiger partial charge in [0.15, 0.2) is 0 Å². The van der Waals surface area contributed by atoms with Gasteiger partial charge < -0.3 is 4.74 Å². The highest BCUT2D eigenvalue weighted by Gasteiger charge is 2.45. The van der Waals surface area contributed by atoms with E-state index in [1.165, 1.54) is 0 Å². The van der Waals surface area contributed by atoms with Gasteiger partial charge in [-0.25, -0.2) is 0 Å². The molecular formula is C14H26O. The van der Waals surface area contributed by atoms with Crippen molar-refractivity contribution in [1.82, 2.24) is 0 Å². The highest BCUT2D eigenvalue weighted by atomic mass is 16.5. The topological polar surface area (TPSA) is 9.23 Å². The van der Waals surface area contributed by atoms with E-state index < -0.39 is 0 Å².